The first-order chi connectivity index (χ1) is 12.8. The summed E-state index contributed by atoms with van der Waals surface area (Å²) in [7, 11) is 0. The average Bonchev–Trinajstić information content (AvgIpc) is 2.68. The Labute approximate surface area is 155 Å². The lowest BCUT2D eigenvalue weighted by atomic mass is 10.0. The van der Waals surface area contributed by atoms with Crippen molar-refractivity contribution in [2.75, 3.05) is 19.6 Å². The number of piperidine rings is 1. The number of amides is 1. The van der Waals surface area contributed by atoms with Gasteiger partial charge in [-0.15, -0.1) is 0 Å². The van der Waals surface area contributed by atoms with Crippen LogP contribution in [0.5, 0.6) is 0 Å². The van der Waals surface area contributed by atoms with Gasteiger partial charge in [-0.25, -0.2) is 0 Å². The van der Waals surface area contributed by atoms with Crippen LogP contribution < -0.4 is 5.32 Å². The zero-order valence-corrected chi connectivity index (χ0v) is 15.3. The number of nitrogens with one attached hydrogen (secondary N) is 1. The summed E-state index contributed by atoms with van der Waals surface area (Å²) in [6.45, 7) is 3.20. The minimum atomic E-state index is 0.117. The molecule has 0 saturated carbocycles. The standard InChI is InChI=1S/C21H28N4O/c26-21(11-10-19-16-22-12-13-23-19)24-20-9-5-15-25(17-20)14-4-8-18-6-2-1-3-7-18/h1-3,6-7,12-13,16,20H,4-5,8-11,14-15,17H2,(H,24,26). The minimum absolute atomic E-state index is 0.117. The fourth-order valence-corrected chi connectivity index (χ4v) is 3.53. The van der Waals surface area contributed by atoms with Crippen LogP contribution in [-0.4, -0.2) is 46.5 Å². The van der Waals surface area contributed by atoms with Gasteiger partial charge in [0.15, 0.2) is 0 Å². The predicted octanol–water partition coefficient (Wildman–Crippen LogP) is 2.62. The van der Waals surface area contributed by atoms with Gasteiger partial charge in [-0.05, 0) is 50.8 Å². The molecule has 5 heteroatoms. The highest BCUT2D eigenvalue weighted by Crippen LogP contribution is 2.12. The largest absolute Gasteiger partial charge is 0.352 e. The summed E-state index contributed by atoms with van der Waals surface area (Å²) >= 11 is 0. The van der Waals surface area contributed by atoms with Gasteiger partial charge in [0.1, 0.15) is 0 Å². The molecule has 0 radical (unpaired) electrons. The summed E-state index contributed by atoms with van der Waals surface area (Å²) in [6, 6.07) is 10.9. The topological polar surface area (TPSA) is 58.1 Å². The fraction of sp³-hybridized carbons (Fsp3) is 0.476. The Morgan fingerprint density at radius 2 is 2.08 bits per heavy atom. The minimum Gasteiger partial charge on any atom is -0.352 e. The number of hydrogen-bond donors (Lipinski definition) is 1. The number of aryl methyl sites for hydroxylation is 2. The Morgan fingerprint density at radius 3 is 2.88 bits per heavy atom. The van der Waals surface area contributed by atoms with Gasteiger partial charge in [-0.3, -0.25) is 14.8 Å². The van der Waals surface area contributed by atoms with E-state index in [2.05, 4.69) is 50.5 Å². The van der Waals surface area contributed by atoms with E-state index in [0.29, 0.717) is 12.8 Å². The van der Waals surface area contributed by atoms with Crippen molar-refractivity contribution in [1.29, 1.82) is 0 Å². The highest BCUT2D eigenvalue weighted by atomic mass is 16.1. The van der Waals surface area contributed by atoms with Crippen LogP contribution in [0.1, 0.15) is 36.9 Å². The van der Waals surface area contributed by atoms with Crippen molar-refractivity contribution in [2.45, 2.75) is 44.6 Å². The molecule has 1 fully saturated rings. The lowest BCUT2D eigenvalue weighted by molar-refractivity contribution is -0.122. The molecule has 5 nitrogen and oxygen atoms in total. The summed E-state index contributed by atoms with van der Waals surface area (Å²) < 4.78 is 0. The third-order valence-electron chi connectivity index (χ3n) is 4.88. The van der Waals surface area contributed by atoms with Crippen LogP contribution in [0.3, 0.4) is 0 Å². The monoisotopic (exact) mass is 352 g/mol. The molecule has 0 bridgehead atoms. The van der Waals surface area contributed by atoms with Gasteiger partial charge in [-0.1, -0.05) is 30.3 Å². The second-order valence-corrected chi connectivity index (χ2v) is 6.99. The molecule has 1 aromatic heterocycles. The van der Waals surface area contributed by atoms with E-state index in [0.717, 1.165) is 51.0 Å². The lowest BCUT2D eigenvalue weighted by Gasteiger charge is -2.33. The Morgan fingerprint density at radius 1 is 1.19 bits per heavy atom. The summed E-state index contributed by atoms with van der Waals surface area (Å²) in [6.07, 6.45) is 10.7. The first kappa shape index (κ1) is 18.5. The molecule has 1 amide bonds. The molecule has 138 valence electrons. The van der Waals surface area contributed by atoms with Gasteiger partial charge in [0.05, 0.1) is 5.69 Å². The third-order valence-corrected chi connectivity index (χ3v) is 4.88. The van der Waals surface area contributed by atoms with Crippen molar-refractivity contribution in [3.63, 3.8) is 0 Å². The Balaban J connectivity index is 1.35. The van der Waals surface area contributed by atoms with Crippen LogP contribution in [0, 0.1) is 0 Å². The first-order valence-corrected chi connectivity index (χ1v) is 9.60. The van der Waals surface area contributed by atoms with Crippen LogP contribution in [0.15, 0.2) is 48.9 Å². The molecule has 1 aliphatic heterocycles. The normalized spacial score (nSPS) is 17.8. The van der Waals surface area contributed by atoms with Gasteiger partial charge in [-0.2, -0.15) is 0 Å². The molecular weight excluding hydrogens is 324 g/mol. The van der Waals surface area contributed by atoms with Gasteiger partial charge >= 0.3 is 0 Å². The van der Waals surface area contributed by atoms with Crippen LogP contribution in [0.4, 0.5) is 0 Å². The maximum Gasteiger partial charge on any atom is 0.220 e. The smallest absolute Gasteiger partial charge is 0.220 e. The molecule has 1 aliphatic rings. The number of nitrogens with zero attached hydrogens (tertiary/aromatic N) is 3. The Kier molecular flexibility index (Phi) is 7.14. The van der Waals surface area contributed by atoms with Crippen molar-refractivity contribution in [2.24, 2.45) is 0 Å². The Bertz CT molecular complexity index is 662. The SMILES string of the molecule is O=C(CCc1cnccn1)NC1CCCN(CCCc2ccccc2)C1. The molecule has 26 heavy (non-hydrogen) atoms. The number of aromatic nitrogens is 2. The molecule has 1 N–H and O–H groups in total. The zero-order valence-electron chi connectivity index (χ0n) is 15.3. The fourth-order valence-electron chi connectivity index (χ4n) is 3.53. The van der Waals surface area contributed by atoms with E-state index in [1.54, 1.807) is 18.6 Å². The summed E-state index contributed by atoms with van der Waals surface area (Å²) in [4.78, 5) is 23.0. The maximum absolute atomic E-state index is 12.2. The van der Waals surface area contributed by atoms with Crippen LogP contribution in [0.25, 0.3) is 0 Å². The number of carbonyl (C=O) groups excluding carboxylic acids is 1. The van der Waals surface area contributed by atoms with Crippen molar-refractivity contribution in [1.82, 2.24) is 20.2 Å². The van der Waals surface area contributed by atoms with Crippen LogP contribution in [0.2, 0.25) is 0 Å². The van der Waals surface area contributed by atoms with E-state index < -0.39 is 0 Å². The highest BCUT2D eigenvalue weighted by Gasteiger charge is 2.20. The van der Waals surface area contributed by atoms with Crippen LogP contribution in [-0.2, 0) is 17.6 Å². The number of hydrogen-bond acceptors (Lipinski definition) is 4. The van der Waals surface area contributed by atoms with E-state index in [1.807, 2.05) is 0 Å². The van der Waals surface area contributed by atoms with E-state index >= 15 is 0 Å². The molecule has 1 unspecified atom stereocenters. The highest BCUT2D eigenvalue weighted by molar-refractivity contribution is 5.76. The second kappa shape index (κ2) is 10.0. The predicted molar refractivity (Wildman–Crippen MR) is 103 cm³/mol. The molecule has 1 saturated heterocycles. The number of benzene rings is 1. The number of carbonyl (C=O) groups is 1. The van der Waals surface area contributed by atoms with Crippen molar-refractivity contribution in [3.8, 4) is 0 Å². The maximum atomic E-state index is 12.2. The molecular formula is C21H28N4O. The summed E-state index contributed by atoms with van der Waals surface area (Å²) in [5, 5.41) is 3.20. The first-order valence-electron chi connectivity index (χ1n) is 9.60. The van der Waals surface area contributed by atoms with Gasteiger partial charge in [0, 0.05) is 37.6 Å². The molecule has 2 heterocycles. The zero-order chi connectivity index (χ0) is 18.0. The molecule has 1 aromatic carbocycles. The van der Waals surface area contributed by atoms with Crippen molar-refractivity contribution >= 4 is 5.91 Å². The Hall–Kier alpha value is -2.27. The number of rotatable bonds is 8. The molecule has 2 aromatic rings. The lowest BCUT2D eigenvalue weighted by Crippen LogP contribution is -2.48. The average molecular weight is 352 g/mol. The van der Waals surface area contributed by atoms with Gasteiger partial charge < -0.3 is 10.2 Å². The number of likely N-dealkylation sites (tertiary alicyclic amines) is 1. The molecule has 3 rings (SSSR count). The summed E-state index contributed by atoms with van der Waals surface area (Å²) in [5.41, 5.74) is 2.27. The van der Waals surface area contributed by atoms with Crippen LogP contribution >= 0.6 is 0 Å². The molecule has 0 spiro atoms. The quantitative estimate of drug-likeness (QED) is 0.793. The van der Waals surface area contributed by atoms with E-state index in [4.69, 9.17) is 0 Å². The van der Waals surface area contributed by atoms with Crippen molar-refractivity contribution < 1.29 is 4.79 Å². The van der Waals surface area contributed by atoms with Crippen molar-refractivity contribution in [3.05, 3.63) is 60.2 Å². The van der Waals surface area contributed by atoms with Gasteiger partial charge in [0.25, 0.3) is 0 Å². The summed E-state index contributed by atoms with van der Waals surface area (Å²) in [5.74, 6) is 0.117. The third kappa shape index (κ3) is 6.23. The molecule has 0 aliphatic carbocycles. The van der Waals surface area contributed by atoms with Gasteiger partial charge in [0.2, 0.25) is 5.91 Å². The van der Waals surface area contributed by atoms with E-state index in [9.17, 15) is 4.79 Å². The second-order valence-electron chi connectivity index (χ2n) is 6.99. The van der Waals surface area contributed by atoms with E-state index in [-0.39, 0.29) is 11.9 Å². The van der Waals surface area contributed by atoms with E-state index in [1.165, 1.54) is 5.56 Å². The molecule has 1 atom stereocenters.